The maximum Gasteiger partial charge on any atom is 0.230 e. The Morgan fingerprint density at radius 2 is 2.00 bits per heavy atom. The van der Waals surface area contributed by atoms with Gasteiger partial charge in [-0.25, -0.2) is 4.39 Å². The summed E-state index contributed by atoms with van der Waals surface area (Å²) < 4.78 is 14.3. The number of hydrogen-bond acceptors (Lipinski definition) is 6. The molecule has 196 valence electrons. The summed E-state index contributed by atoms with van der Waals surface area (Å²) in [6.07, 6.45) is 7.15. The van der Waals surface area contributed by atoms with Crippen LogP contribution < -0.4 is 10.7 Å². The third-order valence-corrected chi connectivity index (χ3v) is 9.18. The highest BCUT2D eigenvalue weighted by molar-refractivity contribution is 8.13. The Balaban J connectivity index is 1.34. The minimum absolute atomic E-state index is 0.0900. The second-order valence-electron chi connectivity index (χ2n) is 11.1. The fraction of sp³-hybridized carbons (Fsp3) is 0.667. The van der Waals surface area contributed by atoms with Crippen molar-refractivity contribution in [3.8, 4) is 0 Å². The quantitative estimate of drug-likeness (QED) is 0.568. The van der Waals surface area contributed by atoms with Crippen molar-refractivity contribution in [1.29, 1.82) is 0 Å². The molecule has 3 fully saturated rings. The molecule has 2 amide bonds. The number of halogens is 1. The monoisotopic (exact) mass is 515 g/mol. The minimum atomic E-state index is -0.350. The van der Waals surface area contributed by atoms with Crippen LogP contribution >= 0.6 is 11.8 Å². The van der Waals surface area contributed by atoms with E-state index in [9.17, 15) is 14.0 Å². The van der Waals surface area contributed by atoms with Crippen molar-refractivity contribution in [2.24, 2.45) is 22.9 Å². The molecule has 1 saturated heterocycles. The molecule has 5 rings (SSSR count). The number of carbonyl (C=O) groups is 2. The van der Waals surface area contributed by atoms with Gasteiger partial charge in [-0.3, -0.25) is 15.0 Å². The largest absolute Gasteiger partial charge is 0.353 e. The maximum absolute atomic E-state index is 14.3. The first kappa shape index (κ1) is 25.4. The van der Waals surface area contributed by atoms with E-state index in [4.69, 9.17) is 0 Å². The molecule has 4 unspecified atom stereocenters. The molecule has 4 aliphatic rings. The molecular formula is C27H38FN5O2S. The van der Waals surface area contributed by atoms with Gasteiger partial charge in [-0.15, -0.1) is 0 Å². The van der Waals surface area contributed by atoms with Gasteiger partial charge < -0.3 is 15.1 Å². The first-order valence-corrected chi connectivity index (χ1v) is 14.5. The van der Waals surface area contributed by atoms with Gasteiger partial charge in [0.05, 0.1) is 5.92 Å². The fourth-order valence-electron chi connectivity index (χ4n) is 6.08. The van der Waals surface area contributed by atoms with Crippen molar-refractivity contribution in [1.82, 2.24) is 20.5 Å². The molecule has 2 aliphatic heterocycles. The second-order valence-corrected chi connectivity index (χ2v) is 12.0. The highest BCUT2D eigenvalue weighted by Gasteiger charge is 2.53. The Morgan fingerprint density at radius 3 is 2.75 bits per heavy atom. The van der Waals surface area contributed by atoms with Gasteiger partial charge in [0.15, 0.2) is 11.5 Å². The zero-order valence-electron chi connectivity index (χ0n) is 21.3. The highest BCUT2D eigenvalue weighted by Crippen LogP contribution is 2.41. The van der Waals surface area contributed by atoms with E-state index in [0.717, 1.165) is 30.9 Å². The first-order valence-electron chi connectivity index (χ1n) is 13.5. The van der Waals surface area contributed by atoms with Crippen LogP contribution in [0.25, 0.3) is 0 Å². The molecule has 1 aromatic carbocycles. The highest BCUT2D eigenvalue weighted by atomic mass is 32.2. The third-order valence-electron chi connectivity index (χ3n) is 8.16. The topological polar surface area (TPSA) is 77.0 Å². The number of fused-ring (bicyclic) bond motifs is 3. The van der Waals surface area contributed by atoms with Gasteiger partial charge in [0.1, 0.15) is 5.82 Å². The standard InChI is InChI=1S/C27H38FN5O2S/c1-17(2)13-14-32-25(35)21-12-11-18(24(34)29-20-8-4-5-9-20)15-23(21)33-26(32)30-31-27(33)36-16-19-7-3-6-10-22(19)28/h3,6-7,10,17-18,20-21,23,26,30H,4-5,8-9,11-16H2,1-2H3,(H,29,34). The lowest BCUT2D eigenvalue weighted by Gasteiger charge is -2.51. The Morgan fingerprint density at radius 1 is 1.22 bits per heavy atom. The number of hydrogen-bond donors (Lipinski definition) is 2. The molecule has 2 saturated carbocycles. The summed E-state index contributed by atoms with van der Waals surface area (Å²) in [4.78, 5) is 31.0. The van der Waals surface area contributed by atoms with Crippen molar-refractivity contribution in [2.75, 3.05) is 6.54 Å². The lowest BCUT2D eigenvalue weighted by Crippen LogP contribution is -2.68. The Kier molecular flexibility index (Phi) is 7.74. The predicted molar refractivity (Wildman–Crippen MR) is 140 cm³/mol. The lowest BCUT2D eigenvalue weighted by atomic mass is 9.75. The van der Waals surface area contributed by atoms with E-state index in [0.29, 0.717) is 42.7 Å². The molecule has 0 radical (unpaired) electrons. The van der Waals surface area contributed by atoms with Gasteiger partial charge in [0.2, 0.25) is 11.8 Å². The summed E-state index contributed by atoms with van der Waals surface area (Å²) in [5.41, 5.74) is 3.84. The number of benzene rings is 1. The van der Waals surface area contributed by atoms with Crippen LogP contribution in [-0.2, 0) is 15.3 Å². The van der Waals surface area contributed by atoms with Crippen molar-refractivity contribution >= 4 is 28.7 Å². The second kappa shape index (κ2) is 11.0. The maximum atomic E-state index is 14.3. The Bertz CT molecular complexity index is 998. The van der Waals surface area contributed by atoms with E-state index >= 15 is 0 Å². The normalized spacial score (nSPS) is 28.1. The smallest absolute Gasteiger partial charge is 0.230 e. The van der Waals surface area contributed by atoms with Crippen molar-refractivity contribution in [3.63, 3.8) is 0 Å². The first-order chi connectivity index (χ1) is 17.4. The van der Waals surface area contributed by atoms with E-state index in [1.165, 1.54) is 30.7 Å². The van der Waals surface area contributed by atoms with Crippen LogP contribution in [0.5, 0.6) is 0 Å². The number of nitrogens with zero attached hydrogens (tertiary/aromatic N) is 3. The van der Waals surface area contributed by atoms with Gasteiger partial charge in [0, 0.05) is 30.3 Å². The van der Waals surface area contributed by atoms with Crippen LogP contribution in [0.3, 0.4) is 0 Å². The summed E-state index contributed by atoms with van der Waals surface area (Å²) >= 11 is 1.49. The predicted octanol–water partition coefficient (Wildman–Crippen LogP) is 4.25. The number of amidine groups is 1. The van der Waals surface area contributed by atoms with E-state index < -0.39 is 0 Å². The van der Waals surface area contributed by atoms with Crippen LogP contribution in [0, 0.1) is 23.6 Å². The lowest BCUT2D eigenvalue weighted by molar-refractivity contribution is -0.158. The molecular weight excluding hydrogens is 477 g/mol. The van der Waals surface area contributed by atoms with E-state index in [-0.39, 0.29) is 41.8 Å². The van der Waals surface area contributed by atoms with Crippen LogP contribution in [-0.4, -0.2) is 51.7 Å². The number of nitrogens with one attached hydrogen (secondary N) is 2. The van der Waals surface area contributed by atoms with Gasteiger partial charge in [-0.1, -0.05) is 56.7 Å². The van der Waals surface area contributed by atoms with E-state index in [1.807, 2.05) is 11.0 Å². The zero-order valence-corrected chi connectivity index (χ0v) is 22.1. The van der Waals surface area contributed by atoms with Gasteiger partial charge in [0.25, 0.3) is 0 Å². The average molecular weight is 516 g/mol. The average Bonchev–Trinajstić information content (AvgIpc) is 3.53. The third kappa shape index (κ3) is 5.22. The Hall–Kier alpha value is -2.29. The number of amides is 2. The molecule has 0 aromatic heterocycles. The molecule has 9 heteroatoms. The van der Waals surface area contributed by atoms with E-state index in [2.05, 4.69) is 34.6 Å². The van der Waals surface area contributed by atoms with Gasteiger partial charge in [-0.2, -0.15) is 5.10 Å². The molecule has 2 heterocycles. The molecule has 2 N–H and O–H groups in total. The summed E-state index contributed by atoms with van der Waals surface area (Å²) in [6, 6.07) is 7.02. The molecule has 0 spiro atoms. The molecule has 4 atom stereocenters. The van der Waals surface area contributed by atoms with E-state index in [1.54, 1.807) is 12.1 Å². The summed E-state index contributed by atoms with van der Waals surface area (Å²) in [7, 11) is 0. The number of rotatable bonds is 7. The van der Waals surface area contributed by atoms with Crippen LogP contribution in [0.4, 0.5) is 4.39 Å². The number of hydrazone groups is 1. The van der Waals surface area contributed by atoms with Crippen molar-refractivity contribution in [3.05, 3.63) is 35.6 Å². The minimum Gasteiger partial charge on any atom is -0.353 e. The Labute approximate surface area is 217 Å². The summed E-state index contributed by atoms with van der Waals surface area (Å²) in [5.74, 6) is 0.773. The fourth-order valence-corrected chi connectivity index (χ4v) is 7.10. The number of thioether (sulfide) groups is 1. The van der Waals surface area contributed by atoms with Crippen LogP contribution in [0.1, 0.15) is 70.8 Å². The summed E-state index contributed by atoms with van der Waals surface area (Å²) in [6.45, 7) is 5.00. The molecule has 1 aromatic rings. The molecule has 36 heavy (non-hydrogen) atoms. The number of carbonyl (C=O) groups excluding carboxylic acids is 2. The van der Waals surface area contributed by atoms with Crippen LogP contribution in [0.15, 0.2) is 29.4 Å². The van der Waals surface area contributed by atoms with Crippen molar-refractivity contribution < 1.29 is 14.0 Å². The van der Waals surface area contributed by atoms with Crippen LogP contribution in [0.2, 0.25) is 0 Å². The SMILES string of the molecule is CC(C)CCN1C(=O)C2CCC(C(=O)NC3CCCC3)CC2N2C(SCc3ccccc3F)=NNC12. The van der Waals surface area contributed by atoms with Gasteiger partial charge >= 0.3 is 0 Å². The van der Waals surface area contributed by atoms with Crippen molar-refractivity contribution in [2.45, 2.75) is 89.3 Å². The summed E-state index contributed by atoms with van der Waals surface area (Å²) in [5, 5.41) is 8.67. The molecule has 0 bridgehead atoms. The zero-order chi connectivity index (χ0) is 25.2. The molecule has 2 aliphatic carbocycles. The van der Waals surface area contributed by atoms with Gasteiger partial charge in [-0.05, 0) is 56.1 Å². The molecule has 7 nitrogen and oxygen atoms in total.